The monoisotopic (exact) mass is 277 g/mol. The molecule has 0 N–H and O–H groups in total. The fourth-order valence-corrected chi connectivity index (χ4v) is 3.10. The predicted molar refractivity (Wildman–Crippen MR) is 61.2 cm³/mol. The predicted octanol–water partition coefficient (Wildman–Crippen LogP) is 3.95. The molecule has 2 aromatic rings. The third-order valence-electron chi connectivity index (χ3n) is 1.93. The van der Waals surface area contributed by atoms with Crippen LogP contribution in [0, 0.1) is 0 Å². The first-order valence-corrected chi connectivity index (χ1v) is 6.16. The van der Waals surface area contributed by atoms with E-state index in [-0.39, 0.29) is 10.6 Å². The van der Waals surface area contributed by atoms with E-state index in [1.807, 2.05) is 0 Å². The van der Waals surface area contributed by atoms with Gasteiger partial charge in [-0.25, -0.2) is 4.98 Å². The first kappa shape index (κ1) is 12.4. The van der Waals surface area contributed by atoms with Gasteiger partial charge in [-0.15, -0.1) is 11.3 Å². The van der Waals surface area contributed by atoms with Gasteiger partial charge in [-0.2, -0.15) is 13.2 Å². The molecule has 2 rings (SSSR count). The maximum atomic E-state index is 12.4. The van der Waals surface area contributed by atoms with E-state index in [2.05, 4.69) is 4.98 Å². The second kappa shape index (κ2) is 4.30. The highest BCUT2D eigenvalue weighted by molar-refractivity contribution is 8.14. The summed E-state index contributed by atoms with van der Waals surface area (Å²) >= 11 is 2.13. The van der Waals surface area contributed by atoms with Crippen molar-refractivity contribution >= 4 is 38.4 Å². The number of benzene rings is 1. The lowest BCUT2D eigenvalue weighted by Gasteiger charge is -2.04. The van der Waals surface area contributed by atoms with Crippen LogP contribution < -0.4 is 0 Å². The minimum atomic E-state index is -4.37. The molecule has 0 aliphatic heterocycles. The Kier molecular flexibility index (Phi) is 3.13. The molecule has 0 radical (unpaired) electrons. The van der Waals surface area contributed by atoms with E-state index >= 15 is 0 Å². The van der Waals surface area contributed by atoms with Crippen molar-refractivity contribution in [2.24, 2.45) is 0 Å². The molecule has 0 atom stereocenters. The van der Waals surface area contributed by atoms with Crippen LogP contribution in [0.25, 0.3) is 10.2 Å². The summed E-state index contributed by atoms with van der Waals surface area (Å²) in [7, 11) is 0. The largest absolute Gasteiger partial charge is 0.416 e. The summed E-state index contributed by atoms with van der Waals surface area (Å²) in [6.45, 7) is 1.39. The van der Waals surface area contributed by atoms with Gasteiger partial charge >= 0.3 is 6.18 Å². The number of fused-ring (bicyclic) bond motifs is 1. The van der Waals surface area contributed by atoms with Gasteiger partial charge in [-0.1, -0.05) is 0 Å². The van der Waals surface area contributed by atoms with Crippen molar-refractivity contribution in [3.05, 3.63) is 23.8 Å². The molecular formula is C10H6F3NOS2. The van der Waals surface area contributed by atoms with Crippen molar-refractivity contribution in [1.82, 2.24) is 4.98 Å². The molecule has 0 aliphatic rings. The molecule has 0 saturated carbocycles. The van der Waals surface area contributed by atoms with Gasteiger partial charge in [0.15, 0.2) is 9.45 Å². The second-order valence-corrected chi connectivity index (χ2v) is 5.71. The highest BCUT2D eigenvalue weighted by atomic mass is 32.2. The van der Waals surface area contributed by atoms with Crippen LogP contribution >= 0.6 is 23.1 Å². The number of aromatic nitrogens is 1. The molecule has 2 nitrogen and oxygen atoms in total. The molecule has 0 aliphatic carbocycles. The average molecular weight is 277 g/mol. The Balaban J connectivity index is 2.44. The third kappa shape index (κ3) is 2.78. The van der Waals surface area contributed by atoms with Gasteiger partial charge in [0, 0.05) is 6.92 Å². The van der Waals surface area contributed by atoms with E-state index in [0.29, 0.717) is 9.04 Å². The first-order chi connectivity index (χ1) is 7.86. The van der Waals surface area contributed by atoms with Gasteiger partial charge in [0.05, 0.1) is 15.8 Å². The van der Waals surface area contributed by atoms with Crippen LogP contribution in [0.4, 0.5) is 13.2 Å². The van der Waals surface area contributed by atoms with Gasteiger partial charge in [0.25, 0.3) is 0 Å². The quantitative estimate of drug-likeness (QED) is 0.739. The van der Waals surface area contributed by atoms with Crippen LogP contribution in [0.15, 0.2) is 22.5 Å². The minimum Gasteiger partial charge on any atom is -0.287 e. The van der Waals surface area contributed by atoms with Crippen molar-refractivity contribution in [1.29, 1.82) is 0 Å². The van der Waals surface area contributed by atoms with Gasteiger partial charge in [0.2, 0.25) is 0 Å². The minimum absolute atomic E-state index is 0.139. The van der Waals surface area contributed by atoms with E-state index in [0.717, 1.165) is 23.9 Å². The van der Waals surface area contributed by atoms with Crippen molar-refractivity contribution in [2.45, 2.75) is 17.4 Å². The zero-order valence-electron chi connectivity index (χ0n) is 8.54. The SMILES string of the molecule is CC(=O)Sc1nc2cc(C(F)(F)F)ccc2s1. The fourth-order valence-electron chi connectivity index (χ4n) is 1.25. The van der Waals surface area contributed by atoms with E-state index in [1.165, 1.54) is 24.3 Å². The Labute approximate surface area is 103 Å². The molecule has 1 aromatic carbocycles. The molecule has 1 aromatic heterocycles. The van der Waals surface area contributed by atoms with E-state index in [4.69, 9.17) is 0 Å². The summed E-state index contributed by atoms with van der Waals surface area (Å²) in [6, 6.07) is 3.39. The standard InChI is InChI=1S/C10H6F3NOS2/c1-5(15)16-9-14-7-4-6(10(11,12)13)2-3-8(7)17-9/h2-4H,1H3. The Morgan fingerprint density at radius 2 is 2.12 bits per heavy atom. The Morgan fingerprint density at radius 1 is 1.41 bits per heavy atom. The Hall–Kier alpha value is -1.08. The van der Waals surface area contributed by atoms with E-state index in [1.54, 1.807) is 0 Å². The summed E-state index contributed by atoms with van der Waals surface area (Å²) in [5, 5.41) is -0.139. The number of rotatable bonds is 1. The molecule has 0 saturated heterocycles. The molecule has 0 unspecified atom stereocenters. The molecule has 1 heterocycles. The molecule has 0 bridgehead atoms. The number of halogens is 3. The van der Waals surface area contributed by atoms with Gasteiger partial charge in [-0.3, -0.25) is 4.79 Å². The zero-order chi connectivity index (χ0) is 12.6. The second-order valence-electron chi connectivity index (χ2n) is 3.25. The Morgan fingerprint density at radius 3 is 2.71 bits per heavy atom. The fraction of sp³-hybridized carbons (Fsp3) is 0.200. The number of alkyl halides is 3. The first-order valence-electron chi connectivity index (χ1n) is 4.52. The number of hydrogen-bond acceptors (Lipinski definition) is 4. The summed E-state index contributed by atoms with van der Waals surface area (Å²) < 4.78 is 38.5. The van der Waals surface area contributed by atoms with Crippen LogP contribution in [0.5, 0.6) is 0 Å². The smallest absolute Gasteiger partial charge is 0.287 e. The summed E-state index contributed by atoms with van der Waals surface area (Å²) in [5.41, 5.74) is -0.455. The summed E-state index contributed by atoms with van der Waals surface area (Å²) in [6.07, 6.45) is -4.37. The third-order valence-corrected chi connectivity index (χ3v) is 3.81. The molecule has 0 amide bonds. The maximum absolute atomic E-state index is 12.4. The molecule has 0 spiro atoms. The van der Waals surface area contributed by atoms with Crippen molar-refractivity contribution < 1.29 is 18.0 Å². The number of nitrogens with zero attached hydrogens (tertiary/aromatic N) is 1. The van der Waals surface area contributed by atoms with Crippen molar-refractivity contribution in [3.8, 4) is 0 Å². The average Bonchev–Trinajstić information content (AvgIpc) is 2.55. The van der Waals surface area contributed by atoms with Crippen LogP contribution in [-0.2, 0) is 11.0 Å². The highest BCUT2D eigenvalue weighted by Crippen LogP contribution is 2.35. The van der Waals surface area contributed by atoms with Crippen molar-refractivity contribution in [3.63, 3.8) is 0 Å². The van der Waals surface area contributed by atoms with Crippen LogP contribution in [0.2, 0.25) is 0 Å². The lowest BCUT2D eigenvalue weighted by molar-refractivity contribution is -0.137. The lowest BCUT2D eigenvalue weighted by atomic mass is 10.2. The zero-order valence-corrected chi connectivity index (χ0v) is 10.2. The maximum Gasteiger partial charge on any atom is 0.416 e. The van der Waals surface area contributed by atoms with Gasteiger partial charge in [-0.05, 0) is 30.0 Å². The molecule has 17 heavy (non-hydrogen) atoms. The van der Waals surface area contributed by atoms with E-state index in [9.17, 15) is 18.0 Å². The molecule has 7 heteroatoms. The molecule has 90 valence electrons. The number of thioether (sulfide) groups is 1. The molecule has 0 fully saturated rings. The number of hydrogen-bond donors (Lipinski definition) is 0. The summed E-state index contributed by atoms with van der Waals surface area (Å²) in [4.78, 5) is 14.9. The lowest BCUT2D eigenvalue weighted by Crippen LogP contribution is -2.03. The molecular weight excluding hydrogens is 271 g/mol. The number of carbonyl (C=O) groups excluding carboxylic acids is 1. The summed E-state index contributed by atoms with van der Waals surface area (Å²) in [5.74, 6) is 0. The highest BCUT2D eigenvalue weighted by Gasteiger charge is 2.30. The Bertz CT molecular complexity index is 576. The van der Waals surface area contributed by atoms with Crippen LogP contribution in [0.1, 0.15) is 12.5 Å². The van der Waals surface area contributed by atoms with Crippen molar-refractivity contribution in [2.75, 3.05) is 0 Å². The topological polar surface area (TPSA) is 30.0 Å². The number of thiazole rings is 1. The number of carbonyl (C=O) groups is 1. The van der Waals surface area contributed by atoms with Gasteiger partial charge < -0.3 is 0 Å². The van der Waals surface area contributed by atoms with E-state index < -0.39 is 11.7 Å². The van der Waals surface area contributed by atoms with Crippen LogP contribution in [-0.4, -0.2) is 10.1 Å². The normalized spacial score (nSPS) is 12.0. The van der Waals surface area contributed by atoms with Crippen LogP contribution in [0.3, 0.4) is 0 Å². The van der Waals surface area contributed by atoms with Gasteiger partial charge in [0.1, 0.15) is 0 Å².